The number of hydrogen-bond acceptors (Lipinski definition) is 3. The topological polar surface area (TPSA) is 65.9 Å². The maximum atomic E-state index is 12.4. The highest BCUT2D eigenvalue weighted by Gasteiger charge is 2.17. The number of rotatable bonds is 4. The van der Waals surface area contributed by atoms with Crippen LogP contribution in [-0.4, -0.2) is 23.5 Å². The van der Waals surface area contributed by atoms with Gasteiger partial charge in [0.25, 0.3) is 0 Å². The maximum Gasteiger partial charge on any atom is 0.165 e. The summed E-state index contributed by atoms with van der Waals surface area (Å²) >= 11 is 0. The fraction of sp³-hybridized carbons (Fsp3) is 0.412. The molecule has 1 aliphatic heterocycles. The first kappa shape index (κ1) is 13.8. The lowest BCUT2D eigenvalue weighted by Crippen LogP contribution is -2.19. The third-order valence-corrected chi connectivity index (χ3v) is 4.08. The summed E-state index contributed by atoms with van der Waals surface area (Å²) in [6.07, 6.45) is 6.68. The van der Waals surface area contributed by atoms with Crippen molar-refractivity contribution in [3.8, 4) is 6.07 Å². The number of hydrogen-bond donors (Lipinski definition) is 1. The number of H-pyrrole nitrogens is 1. The lowest BCUT2D eigenvalue weighted by atomic mass is 10.00. The molecule has 4 nitrogen and oxygen atoms in total. The van der Waals surface area contributed by atoms with Crippen LogP contribution in [0.3, 0.4) is 0 Å². The van der Waals surface area contributed by atoms with Crippen LogP contribution in [0.5, 0.6) is 0 Å². The van der Waals surface area contributed by atoms with Crippen LogP contribution >= 0.6 is 0 Å². The number of nitrogens with one attached hydrogen (secondary N) is 1. The lowest BCUT2D eigenvalue weighted by Gasteiger charge is -2.22. The van der Waals surface area contributed by atoms with Gasteiger partial charge < -0.3 is 9.72 Å². The Hall–Kier alpha value is -2.12. The van der Waals surface area contributed by atoms with Gasteiger partial charge in [-0.3, -0.25) is 4.79 Å². The summed E-state index contributed by atoms with van der Waals surface area (Å²) in [6.45, 7) is 0.822. The summed E-state index contributed by atoms with van der Waals surface area (Å²) in [5.74, 6) is 0.139. The van der Waals surface area contributed by atoms with E-state index < -0.39 is 0 Å². The zero-order valence-corrected chi connectivity index (χ0v) is 11.9. The number of carbonyl (C=O) groups is 1. The Balaban J connectivity index is 1.71. The molecule has 108 valence electrons. The Kier molecular flexibility index (Phi) is 4.03. The second kappa shape index (κ2) is 6.11. The number of fused-ring (bicyclic) bond motifs is 1. The molecule has 0 aliphatic carbocycles. The van der Waals surface area contributed by atoms with E-state index >= 15 is 0 Å². The van der Waals surface area contributed by atoms with Gasteiger partial charge in [0.05, 0.1) is 17.7 Å². The molecular weight excluding hydrogens is 264 g/mol. The van der Waals surface area contributed by atoms with Crippen molar-refractivity contribution in [2.75, 3.05) is 6.61 Å². The second-order valence-electron chi connectivity index (χ2n) is 5.52. The van der Waals surface area contributed by atoms with E-state index in [9.17, 15) is 4.79 Å². The van der Waals surface area contributed by atoms with E-state index in [1.165, 1.54) is 6.42 Å². The molecule has 1 aromatic heterocycles. The van der Waals surface area contributed by atoms with Crippen LogP contribution in [0.15, 0.2) is 24.4 Å². The highest BCUT2D eigenvalue weighted by molar-refractivity contribution is 6.08. The Morgan fingerprint density at radius 3 is 3.10 bits per heavy atom. The molecule has 1 aliphatic rings. The molecule has 1 fully saturated rings. The first-order chi connectivity index (χ1) is 10.3. The van der Waals surface area contributed by atoms with Gasteiger partial charge in [-0.15, -0.1) is 0 Å². The number of ketones is 1. The minimum absolute atomic E-state index is 0.139. The van der Waals surface area contributed by atoms with E-state index in [2.05, 4.69) is 11.1 Å². The second-order valence-corrected chi connectivity index (χ2v) is 5.52. The van der Waals surface area contributed by atoms with Crippen LogP contribution in [0, 0.1) is 11.3 Å². The van der Waals surface area contributed by atoms with E-state index in [0.717, 1.165) is 36.8 Å². The predicted octanol–water partition coefficient (Wildman–Crippen LogP) is 3.57. The van der Waals surface area contributed by atoms with Gasteiger partial charge in [-0.1, -0.05) is 6.07 Å². The molecule has 0 amide bonds. The molecule has 1 saturated heterocycles. The number of ether oxygens (including phenoxy) is 1. The van der Waals surface area contributed by atoms with Crippen molar-refractivity contribution >= 4 is 16.7 Å². The van der Waals surface area contributed by atoms with Crippen molar-refractivity contribution in [3.05, 3.63) is 35.5 Å². The quantitative estimate of drug-likeness (QED) is 0.872. The van der Waals surface area contributed by atoms with E-state index in [1.807, 2.05) is 6.07 Å². The summed E-state index contributed by atoms with van der Waals surface area (Å²) in [5.41, 5.74) is 2.15. The molecule has 0 radical (unpaired) electrons. The van der Waals surface area contributed by atoms with Gasteiger partial charge >= 0.3 is 0 Å². The van der Waals surface area contributed by atoms with Gasteiger partial charge in [-0.2, -0.15) is 5.26 Å². The molecular formula is C17H18N2O2. The smallest absolute Gasteiger partial charge is 0.165 e. The first-order valence-corrected chi connectivity index (χ1v) is 7.44. The number of nitriles is 1. The number of Topliss-reactive ketones (excluding diaryl/α,β-unsaturated/α-hetero) is 1. The minimum atomic E-state index is 0.139. The molecule has 2 aromatic rings. The summed E-state index contributed by atoms with van der Waals surface area (Å²) in [5, 5.41) is 9.79. The largest absolute Gasteiger partial charge is 0.378 e. The predicted molar refractivity (Wildman–Crippen MR) is 80.2 cm³/mol. The third kappa shape index (κ3) is 2.98. The molecule has 1 N–H and O–H groups in total. The zero-order chi connectivity index (χ0) is 14.7. The van der Waals surface area contributed by atoms with Crippen LogP contribution in [-0.2, 0) is 4.74 Å². The maximum absolute atomic E-state index is 12.4. The standard InChI is InChI=1S/C17H18N2O2/c18-10-12-4-6-14-15(11-19-16(14)9-12)17(20)7-5-13-3-1-2-8-21-13/h4,6,9,11,13,19H,1-3,5,7-8H2. The molecule has 2 heterocycles. The van der Waals surface area contributed by atoms with E-state index in [4.69, 9.17) is 10.00 Å². The van der Waals surface area contributed by atoms with Crippen LogP contribution in [0.2, 0.25) is 0 Å². The number of aromatic nitrogens is 1. The van der Waals surface area contributed by atoms with Crippen LogP contribution in [0.1, 0.15) is 48.0 Å². The molecule has 0 saturated carbocycles. The molecule has 3 rings (SSSR count). The van der Waals surface area contributed by atoms with Crippen LogP contribution in [0.25, 0.3) is 10.9 Å². The lowest BCUT2D eigenvalue weighted by molar-refractivity contribution is 0.0104. The number of aromatic amines is 1. The monoisotopic (exact) mass is 282 g/mol. The number of carbonyl (C=O) groups excluding carboxylic acids is 1. The Labute approximate surface area is 123 Å². The fourth-order valence-electron chi connectivity index (χ4n) is 2.89. The minimum Gasteiger partial charge on any atom is -0.378 e. The van der Waals surface area contributed by atoms with Gasteiger partial charge in [-0.25, -0.2) is 0 Å². The summed E-state index contributed by atoms with van der Waals surface area (Å²) in [6, 6.07) is 7.47. The molecule has 1 atom stereocenters. The molecule has 4 heteroatoms. The third-order valence-electron chi connectivity index (χ3n) is 4.08. The van der Waals surface area contributed by atoms with Crippen molar-refractivity contribution in [2.24, 2.45) is 0 Å². The highest BCUT2D eigenvalue weighted by Crippen LogP contribution is 2.23. The average molecular weight is 282 g/mol. The Morgan fingerprint density at radius 2 is 2.33 bits per heavy atom. The summed E-state index contributed by atoms with van der Waals surface area (Å²) in [4.78, 5) is 15.5. The fourth-order valence-corrected chi connectivity index (χ4v) is 2.89. The van der Waals surface area contributed by atoms with Gasteiger partial charge in [-0.05, 0) is 37.8 Å². The highest BCUT2D eigenvalue weighted by atomic mass is 16.5. The van der Waals surface area contributed by atoms with Crippen molar-refractivity contribution in [1.82, 2.24) is 4.98 Å². The summed E-state index contributed by atoms with van der Waals surface area (Å²) in [7, 11) is 0. The van der Waals surface area contributed by atoms with Crippen molar-refractivity contribution < 1.29 is 9.53 Å². The molecule has 0 spiro atoms. The van der Waals surface area contributed by atoms with Gasteiger partial charge in [0.2, 0.25) is 0 Å². The van der Waals surface area contributed by atoms with Gasteiger partial charge in [0, 0.05) is 35.7 Å². The molecule has 0 bridgehead atoms. The van der Waals surface area contributed by atoms with Crippen LogP contribution < -0.4 is 0 Å². The summed E-state index contributed by atoms with van der Waals surface area (Å²) < 4.78 is 5.67. The zero-order valence-electron chi connectivity index (χ0n) is 11.9. The number of nitrogens with zero attached hydrogens (tertiary/aromatic N) is 1. The normalized spacial score (nSPS) is 18.5. The SMILES string of the molecule is N#Cc1ccc2c(C(=O)CCC3CCCCO3)c[nH]c2c1. The van der Waals surface area contributed by atoms with Gasteiger partial charge in [0.1, 0.15) is 0 Å². The van der Waals surface area contributed by atoms with Crippen molar-refractivity contribution in [3.63, 3.8) is 0 Å². The average Bonchev–Trinajstić information content (AvgIpc) is 2.96. The van der Waals surface area contributed by atoms with Crippen molar-refractivity contribution in [1.29, 1.82) is 5.26 Å². The van der Waals surface area contributed by atoms with E-state index in [0.29, 0.717) is 17.5 Å². The van der Waals surface area contributed by atoms with E-state index in [-0.39, 0.29) is 11.9 Å². The van der Waals surface area contributed by atoms with E-state index in [1.54, 1.807) is 18.3 Å². The Bertz CT molecular complexity index is 690. The molecule has 1 unspecified atom stereocenters. The molecule has 1 aromatic carbocycles. The Morgan fingerprint density at radius 1 is 1.43 bits per heavy atom. The van der Waals surface area contributed by atoms with Gasteiger partial charge in [0.15, 0.2) is 5.78 Å². The van der Waals surface area contributed by atoms with Crippen molar-refractivity contribution in [2.45, 2.75) is 38.2 Å². The first-order valence-electron chi connectivity index (χ1n) is 7.44. The number of benzene rings is 1. The molecule has 21 heavy (non-hydrogen) atoms. The van der Waals surface area contributed by atoms with Crippen LogP contribution in [0.4, 0.5) is 0 Å².